The number of aliphatic hydroxyl groups excluding tert-OH is 1. The highest BCUT2D eigenvalue weighted by Gasteiger charge is 2.26. The third-order valence-electron chi connectivity index (χ3n) is 1.38. The summed E-state index contributed by atoms with van der Waals surface area (Å²) in [4.78, 5) is 11.0. The van der Waals surface area contributed by atoms with Gasteiger partial charge in [-0.3, -0.25) is 4.79 Å². The molecule has 0 saturated carbocycles. The molecule has 1 amide bonds. The summed E-state index contributed by atoms with van der Waals surface area (Å²) in [5.74, 6) is -0.929. The summed E-state index contributed by atoms with van der Waals surface area (Å²) >= 11 is 0. The average molecular weight is 193 g/mol. The first-order chi connectivity index (χ1) is 5.50. The molecule has 0 aromatic carbocycles. The molecule has 5 nitrogen and oxygen atoms in total. The maximum absolute atomic E-state index is 11.0. The summed E-state index contributed by atoms with van der Waals surface area (Å²) in [6, 6.07) is 0. The molecule has 0 saturated heterocycles. The van der Waals surface area contributed by atoms with Gasteiger partial charge in [-0.25, -0.2) is 9.13 Å². The van der Waals surface area contributed by atoms with Crippen LogP contribution in [0.5, 0.6) is 0 Å². The standard InChI is InChI=1S/C6H12NO4P/c1-4(2)5(12(10)11)6(9)7-3-8/h4-5,8H,3H2,1-2H3,(H,7,9). The zero-order valence-corrected chi connectivity index (χ0v) is 7.88. The van der Waals surface area contributed by atoms with Crippen LogP contribution >= 0.6 is 7.68 Å². The van der Waals surface area contributed by atoms with Crippen molar-refractivity contribution >= 4 is 13.6 Å². The first-order valence-electron chi connectivity index (χ1n) is 3.52. The van der Waals surface area contributed by atoms with E-state index in [-0.39, 0.29) is 5.92 Å². The second kappa shape index (κ2) is 5.06. The minimum absolute atomic E-state index is 0.280. The number of hydrogen-bond donors (Lipinski definition) is 2. The van der Waals surface area contributed by atoms with Crippen LogP contribution in [-0.2, 0) is 13.9 Å². The van der Waals surface area contributed by atoms with Crippen LogP contribution in [0.25, 0.3) is 0 Å². The largest absolute Gasteiger partial charge is 0.377 e. The van der Waals surface area contributed by atoms with E-state index >= 15 is 0 Å². The van der Waals surface area contributed by atoms with Crippen molar-refractivity contribution < 1.29 is 19.0 Å². The lowest BCUT2D eigenvalue weighted by Crippen LogP contribution is -2.35. The average Bonchev–Trinajstić information content (AvgIpc) is 1.85. The van der Waals surface area contributed by atoms with Crippen LogP contribution < -0.4 is 5.32 Å². The zero-order valence-electron chi connectivity index (χ0n) is 6.98. The molecule has 0 aromatic heterocycles. The lowest BCUT2D eigenvalue weighted by molar-refractivity contribution is -0.122. The SMILES string of the molecule is CC(C)C(C(=O)NCO)P(=O)=O. The third-order valence-corrected chi connectivity index (χ3v) is 2.67. The highest BCUT2D eigenvalue weighted by Crippen LogP contribution is 2.22. The summed E-state index contributed by atoms with van der Waals surface area (Å²) in [6.45, 7) is 2.73. The van der Waals surface area contributed by atoms with Crippen molar-refractivity contribution in [3.05, 3.63) is 0 Å². The second-order valence-electron chi connectivity index (χ2n) is 2.67. The summed E-state index contributed by atoms with van der Waals surface area (Å²) in [5.41, 5.74) is -1.05. The van der Waals surface area contributed by atoms with Gasteiger partial charge >= 0.3 is 7.68 Å². The Hall–Kier alpha value is -0.670. The van der Waals surface area contributed by atoms with Crippen molar-refractivity contribution in [1.29, 1.82) is 0 Å². The van der Waals surface area contributed by atoms with Crippen LogP contribution in [-0.4, -0.2) is 23.4 Å². The highest BCUT2D eigenvalue weighted by molar-refractivity contribution is 7.33. The van der Waals surface area contributed by atoms with Gasteiger partial charge in [0.05, 0.1) is 0 Å². The topological polar surface area (TPSA) is 83.5 Å². The van der Waals surface area contributed by atoms with Crippen molar-refractivity contribution in [2.45, 2.75) is 19.5 Å². The van der Waals surface area contributed by atoms with E-state index in [1.165, 1.54) is 0 Å². The summed E-state index contributed by atoms with van der Waals surface area (Å²) in [7, 11) is -2.78. The van der Waals surface area contributed by atoms with Crippen molar-refractivity contribution in [3.63, 3.8) is 0 Å². The first-order valence-corrected chi connectivity index (χ1v) is 4.77. The predicted octanol–water partition coefficient (Wildman–Crippen LogP) is 0.250. The van der Waals surface area contributed by atoms with Crippen molar-refractivity contribution in [2.75, 3.05) is 6.73 Å². The molecular weight excluding hydrogens is 181 g/mol. The molecule has 0 heterocycles. The maximum atomic E-state index is 11.0. The van der Waals surface area contributed by atoms with Gasteiger partial charge in [0.1, 0.15) is 6.73 Å². The minimum atomic E-state index is -2.78. The van der Waals surface area contributed by atoms with Crippen LogP contribution in [0.15, 0.2) is 0 Å². The lowest BCUT2D eigenvalue weighted by Gasteiger charge is -2.10. The Labute approximate surface area is 71.0 Å². The molecule has 70 valence electrons. The molecular formula is C6H12NO4P. The molecule has 12 heavy (non-hydrogen) atoms. The van der Waals surface area contributed by atoms with E-state index < -0.39 is 26.0 Å². The Bertz CT molecular complexity index is 216. The lowest BCUT2D eigenvalue weighted by atomic mass is 10.1. The molecule has 0 radical (unpaired) electrons. The summed E-state index contributed by atoms with van der Waals surface area (Å²) in [5, 5.41) is 10.4. The third kappa shape index (κ3) is 3.15. The van der Waals surface area contributed by atoms with E-state index in [0.717, 1.165) is 0 Å². The first kappa shape index (κ1) is 11.3. The normalized spacial score (nSPS) is 12.7. The van der Waals surface area contributed by atoms with Gasteiger partial charge in [-0.05, 0) is 5.92 Å². The smallest absolute Gasteiger partial charge is 0.328 e. The molecule has 0 aliphatic heterocycles. The Kier molecular flexibility index (Phi) is 4.78. The van der Waals surface area contributed by atoms with Gasteiger partial charge < -0.3 is 10.4 Å². The van der Waals surface area contributed by atoms with Crippen LogP contribution in [0.3, 0.4) is 0 Å². The Balaban J connectivity index is 4.41. The van der Waals surface area contributed by atoms with E-state index in [1.54, 1.807) is 13.8 Å². The number of aliphatic hydroxyl groups is 1. The van der Waals surface area contributed by atoms with Crippen LogP contribution in [0.4, 0.5) is 0 Å². The van der Waals surface area contributed by atoms with Gasteiger partial charge in [0, 0.05) is 0 Å². The van der Waals surface area contributed by atoms with Crippen LogP contribution in [0.1, 0.15) is 13.8 Å². The molecule has 0 fully saturated rings. The van der Waals surface area contributed by atoms with E-state index in [9.17, 15) is 13.9 Å². The van der Waals surface area contributed by atoms with Gasteiger partial charge in [-0.2, -0.15) is 0 Å². The molecule has 0 aromatic rings. The fourth-order valence-corrected chi connectivity index (χ4v) is 1.59. The number of carbonyl (C=O) groups excluding carboxylic acids is 1. The highest BCUT2D eigenvalue weighted by atomic mass is 31.1. The van der Waals surface area contributed by atoms with Gasteiger partial charge in [0.25, 0.3) is 0 Å². The molecule has 6 heteroatoms. The molecule has 0 aliphatic rings. The van der Waals surface area contributed by atoms with Gasteiger partial charge in [-0.1, -0.05) is 13.8 Å². The van der Waals surface area contributed by atoms with Crippen molar-refractivity contribution in [2.24, 2.45) is 5.92 Å². The number of carbonyl (C=O) groups is 1. The second-order valence-corrected chi connectivity index (χ2v) is 3.80. The quantitative estimate of drug-likeness (QED) is 0.495. The number of amides is 1. The monoisotopic (exact) mass is 193 g/mol. The summed E-state index contributed by atoms with van der Waals surface area (Å²) < 4.78 is 21.1. The fraction of sp³-hybridized carbons (Fsp3) is 0.833. The van der Waals surface area contributed by atoms with Crippen molar-refractivity contribution in [3.8, 4) is 0 Å². The maximum Gasteiger partial charge on any atom is 0.328 e. The van der Waals surface area contributed by atoms with Crippen LogP contribution in [0.2, 0.25) is 0 Å². The molecule has 0 aliphatic carbocycles. The minimum Gasteiger partial charge on any atom is -0.377 e. The molecule has 2 N–H and O–H groups in total. The molecule has 0 spiro atoms. The molecule has 1 atom stereocenters. The summed E-state index contributed by atoms with van der Waals surface area (Å²) in [6.07, 6.45) is 0. The Morgan fingerprint density at radius 2 is 2.00 bits per heavy atom. The Morgan fingerprint density at radius 1 is 1.50 bits per heavy atom. The van der Waals surface area contributed by atoms with Gasteiger partial charge in [0.2, 0.25) is 5.91 Å². The van der Waals surface area contributed by atoms with E-state index in [2.05, 4.69) is 0 Å². The van der Waals surface area contributed by atoms with E-state index in [4.69, 9.17) is 5.11 Å². The molecule has 0 bridgehead atoms. The zero-order chi connectivity index (χ0) is 9.72. The number of hydrogen-bond acceptors (Lipinski definition) is 4. The van der Waals surface area contributed by atoms with Gasteiger partial charge in [-0.15, -0.1) is 0 Å². The van der Waals surface area contributed by atoms with E-state index in [1.807, 2.05) is 5.32 Å². The molecule has 1 unspecified atom stereocenters. The van der Waals surface area contributed by atoms with Gasteiger partial charge in [0.15, 0.2) is 5.66 Å². The number of nitrogens with one attached hydrogen (secondary N) is 1. The van der Waals surface area contributed by atoms with E-state index in [0.29, 0.717) is 0 Å². The number of rotatable bonds is 4. The Morgan fingerprint density at radius 3 is 2.25 bits per heavy atom. The predicted molar refractivity (Wildman–Crippen MR) is 42.1 cm³/mol. The molecule has 0 rings (SSSR count). The fourth-order valence-electron chi connectivity index (χ4n) is 0.824. The van der Waals surface area contributed by atoms with Crippen molar-refractivity contribution in [1.82, 2.24) is 5.32 Å². The van der Waals surface area contributed by atoms with Crippen LogP contribution in [0, 0.1) is 5.92 Å².